The number of ether oxygens (including phenoxy) is 1. The van der Waals surface area contributed by atoms with Crippen LogP contribution in [0, 0.1) is 0 Å². The van der Waals surface area contributed by atoms with Crippen LogP contribution in [-0.4, -0.2) is 31.2 Å². The minimum absolute atomic E-state index is 0.0489. The van der Waals surface area contributed by atoms with Crippen molar-refractivity contribution in [2.24, 2.45) is 5.73 Å². The molecule has 0 aromatic carbocycles. The van der Waals surface area contributed by atoms with Gasteiger partial charge in [-0.2, -0.15) is 0 Å². The molecule has 3 N–H and O–H groups in total. The molecule has 0 aromatic rings. The maximum absolute atomic E-state index is 11.5. The number of hydrogen-bond donors (Lipinski definition) is 2. The maximum atomic E-state index is 11.5. The van der Waals surface area contributed by atoms with Crippen LogP contribution >= 0.6 is 0 Å². The molecule has 1 unspecified atom stereocenters. The van der Waals surface area contributed by atoms with Crippen molar-refractivity contribution in [2.45, 2.75) is 45.8 Å². The Labute approximate surface area is 86.2 Å². The summed E-state index contributed by atoms with van der Waals surface area (Å²) in [6.07, 6.45) is 1.50. The lowest BCUT2D eigenvalue weighted by atomic mass is 10.1. The molecule has 0 spiro atoms. The van der Waals surface area contributed by atoms with E-state index in [4.69, 9.17) is 10.5 Å². The Hall–Kier alpha value is -0.610. The van der Waals surface area contributed by atoms with Crippen molar-refractivity contribution in [3.05, 3.63) is 0 Å². The highest BCUT2D eigenvalue weighted by atomic mass is 16.5. The third-order valence-corrected chi connectivity index (χ3v) is 2.19. The lowest BCUT2D eigenvalue weighted by molar-refractivity contribution is -0.132. The van der Waals surface area contributed by atoms with E-state index in [-0.39, 0.29) is 11.9 Å². The summed E-state index contributed by atoms with van der Waals surface area (Å²) in [6, 6.07) is 0.256. The van der Waals surface area contributed by atoms with E-state index < -0.39 is 6.10 Å². The van der Waals surface area contributed by atoms with Gasteiger partial charge in [-0.25, -0.2) is 0 Å². The molecular weight excluding hydrogens is 180 g/mol. The van der Waals surface area contributed by atoms with Crippen LogP contribution < -0.4 is 11.1 Å². The third-order valence-electron chi connectivity index (χ3n) is 2.19. The Morgan fingerprint density at radius 1 is 1.43 bits per heavy atom. The van der Waals surface area contributed by atoms with Gasteiger partial charge in [-0.1, -0.05) is 13.8 Å². The van der Waals surface area contributed by atoms with E-state index in [2.05, 4.69) is 19.2 Å². The van der Waals surface area contributed by atoms with Crippen molar-refractivity contribution >= 4 is 5.91 Å². The van der Waals surface area contributed by atoms with Gasteiger partial charge in [0.2, 0.25) is 5.91 Å². The molecule has 84 valence electrons. The Bertz CT molecular complexity index is 158. The summed E-state index contributed by atoms with van der Waals surface area (Å²) in [5.74, 6) is -0.0489. The number of carbonyl (C=O) groups is 1. The molecule has 0 radical (unpaired) electrons. The van der Waals surface area contributed by atoms with Gasteiger partial charge < -0.3 is 15.8 Å². The van der Waals surface area contributed by atoms with Crippen LogP contribution in [0.4, 0.5) is 0 Å². The Morgan fingerprint density at radius 3 is 2.43 bits per heavy atom. The molecule has 0 aliphatic rings. The number of rotatable bonds is 7. The average molecular weight is 202 g/mol. The fraction of sp³-hybridized carbons (Fsp3) is 0.900. The van der Waals surface area contributed by atoms with Crippen LogP contribution in [0.5, 0.6) is 0 Å². The van der Waals surface area contributed by atoms with E-state index in [1.807, 2.05) is 0 Å². The number of hydrogen-bond acceptors (Lipinski definition) is 3. The van der Waals surface area contributed by atoms with Crippen LogP contribution in [0.25, 0.3) is 0 Å². The van der Waals surface area contributed by atoms with E-state index in [1.165, 1.54) is 0 Å². The van der Waals surface area contributed by atoms with E-state index in [0.717, 1.165) is 12.8 Å². The third kappa shape index (κ3) is 5.19. The highest BCUT2D eigenvalue weighted by molar-refractivity contribution is 5.80. The highest BCUT2D eigenvalue weighted by Gasteiger charge is 2.15. The van der Waals surface area contributed by atoms with Crippen molar-refractivity contribution in [2.75, 3.05) is 13.2 Å². The van der Waals surface area contributed by atoms with Crippen LogP contribution in [0.2, 0.25) is 0 Å². The lowest BCUT2D eigenvalue weighted by Crippen LogP contribution is -2.41. The zero-order chi connectivity index (χ0) is 11.0. The van der Waals surface area contributed by atoms with Crippen LogP contribution in [-0.2, 0) is 9.53 Å². The largest absolute Gasteiger partial charge is 0.367 e. The molecule has 0 bridgehead atoms. The minimum atomic E-state index is -0.404. The van der Waals surface area contributed by atoms with Crippen molar-refractivity contribution in [1.29, 1.82) is 0 Å². The molecule has 0 saturated heterocycles. The molecule has 4 heteroatoms. The molecule has 0 aromatic heterocycles. The molecule has 4 nitrogen and oxygen atoms in total. The van der Waals surface area contributed by atoms with Crippen molar-refractivity contribution in [3.8, 4) is 0 Å². The monoisotopic (exact) mass is 202 g/mol. The summed E-state index contributed by atoms with van der Waals surface area (Å²) in [5.41, 5.74) is 5.27. The molecule has 0 saturated carbocycles. The minimum Gasteiger partial charge on any atom is -0.367 e. The second-order valence-electron chi connectivity index (χ2n) is 3.32. The smallest absolute Gasteiger partial charge is 0.249 e. The maximum Gasteiger partial charge on any atom is 0.249 e. The second kappa shape index (κ2) is 7.76. The van der Waals surface area contributed by atoms with E-state index in [9.17, 15) is 4.79 Å². The predicted octanol–water partition coefficient (Wildman–Crippen LogP) is 0.655. The first-order valence-electron chi connectivity index (χ1n) is 5.27. The van der Waals surface area contributed by atoms with Crippen LogP contribution in [0.15, 0.2) is 0 Å². The quantitative estimate of drug-likeness (QED) is 0.637. The van der Waals surface area contributed by atoms with Gasteiger partial charge in [-0.3, -0.25) is 4.79 Å². The summed E-state index contributed by atoms with van der Waals surface area (Å²) in [4.78, 5) is 11.5. The molecular formula is C10H22N2O2. The zero-order valence-corrected chi connectivity index (χ0v) is 9.38. The fourth-order valence-corrected chi connectivity index (χ4v) is 1.13. The van der Waals surface area contributed by atoms with Gasteiger partial charge in [0.1, 0.15) is 6.10 Å². The summed E-state index contributed by atoms with van der Waals surface area (Å²) in [7, 11) is 0. The van der Waals surface area contributed by atoms with Crippen LogP contribution in [0.1, 0.15) is 33.6 Å². The molecule has 0 heterocycles. The molecule has 0 aliphatic carbocycles. The molecule has 0 fully saturated rings. The SMILES string of the molecule is CCC(CC)NC(=O)C(C)OCCN. The van der Waals surface area contributed by atoms with Crippen molar-refractivity contribution < 1.29 is 9.53 Å². The van der Waals surface area contributed by atoms with Gasteiger partial charge >= 0.3 is 0 Å². The highest BCUT2D eigenvalue weighted by Crippen LogP contribution is 1.98. The number of carbonyl (C=O) groups excluding carboxylic acids is 1. The predicted molar refractivity (Wildman–Crippen MR) is 57.0 cm³/mol. The average Bonchev–Trinajstić information content (AvgIpc) is 2.21. The standard InChI is InChI=1S/C10H22N2O2/c1-4-9(5-2)12-10(13)8(3)14-7-6-11/h8-9H,4-7,11H2,1-3H3,(H,12,13). The van der Waals surface area contributed by atoms with E-state index in [1.54, 1.807) is 6.92 Å². The fourth-order valence-electron chi connectivity index (χ4n) is 1.13. The van der Waals surface area contributed by atoms with Crippen LogP contribution in [0.3, 0.4) is 0 Å². The molecule has 0 aliphatic heterocycles. The normalized spacial score (nSPS) is 12.9. The lowest BCUT2D eigenvalue weighted by Gasteiger charge is -2.18. The number of nitrogens with one attached hydrogen (secondary N) is 1. The Balaban J connectivity index is 3.81. The first-order valence-corrected chi connectivity index (χ1v) is 5.27. The number of amides is 1. The van der Waals surface area contributed by atoms with Crippen molar-refractivity contribution in [3.63, 3.8) is 0 Å². The molecule has 1 atom stereocenters. The van der Waals surface area contributed by atoms with Gasteiger partial charge in [-0.15, -0.1) is 0 Å². The first-order chi connectivity index (χ1) is 6.65. The Kier molecular flexibility index (Phi) is 7.42. The summed E-state index contributed by atoms with van der Waals surface area (Å²) < 4.78 is 5.21. The van der Waals surface area contributed by atoms with Gasteiger partial charge in [-0.05, 0) is 19.8 Å². The van der Waals surface area contributed by atoms with Gasteiger partial charge in [0.15, 0.2) is 0 Å². The summed E-state index contributed by atoms with van der Waals surface area (Å²) in [5, 5.41) is 2.92. The van der Waals surface area contributed by atoms with E-state index >= 15 is 0 Å². The molecule has 1 amide bonds. The second-order valence-corrected chi connectivity index (χ2v) is 3.32. The molecule has 0 rings (SSSR count). The summed E-state index contributed by atoms with van der Waals surface area (Å²) in [6.45, 7) is 6.73. The number of nitrogens with two attached hydrogens (primary N) is 1. The first kappa shape index (κ1) is 13.4. The van der Waals surface area contributed by atoms with Gasteiger partial charge in [0.25, 0.3) is 0 Å². The van der Waals surface area contributed by atoms with Gasteiger partial charge in [0.05, 0.1) is 6.61 Å². The topological polar surface area (TPSA) is 64.3 Å². The van der Waals surface area contributed by atoms with Crippen molar-refractivity contribution in [1.82, 2.24) is 5.32 Å². The molecule has 14 heavy (non-hydrogen) atoms. The Morgan fingerprint density at radius 2 is 2.00 bits per heavy atom. The summed E-state index contributed by atoms with van der Waals surface area (Å²) >= 11 is 0. The zero-order valence-electron chi connectivity index (χ0n) is 9.38. The van der Waals surface area contributed by atoms with Gasteiger partial charge in [0, 0.05) is 12.6 Å². The van der Waals surface area contributed by atoms with E-state index in [0.29, 0.717) is 13.2 Å².